The standard InChI is InChI=1S/C10H11NS/c1-6-5-12-10-7(2)9(11)4-3-8(6)10/h3-5H,11H2,1-2H3. The molecular formula is C10H11NS. The van der Waals surface area contributed by atoms with Gasteiger partial charge in [0.15, 0.2) is 0 Å². The molecular weight excluding hydrogens is 166 g/mol. The molecule has 0 atom stereocenters. The van der Waals surface area contributed by atoms with Crippen molar-refractivity contribution < 1.29 is 0 Å². The molecule has 2 rings (SSSR count). The minimum atomic E-state index is 0.893. The van der Waals surface area contributed by atoms with Crippen LogP contribution in [-0.2, 0) is 0 Å². The zero-order valence-corrected chi connectivity index (χ0v) is 8.03. The van der Waals surface area contributed by atoms with E-state index in [0.29, 0.717) is 0 Å². The molecule has 0 bridgehead atoms. The first kappa shape index (κ1) is 7.62. The number of rotatable bonds is 0. The van der Waals surface area contributed by atoms with Crippen molar-refractivity contribution in [3.63, 3.8) is 0 Å². The maximum Gasteiger partial charge on any atom is 0.0395 e. The van der Waals surface area contributed by atoms with Crippen LogP contribution in [0.4, 0.5) is 5.69 Å². The second-order valence-corrected chi connectivity index (χ2v) is 3.95. The lowest BCUT2D eigenvalue weighted by Crippen LogP contribution is -1.87. The maximum atomic E-state index is 5.80. The number of benzene rings is 1. The molecule has 0 amide bonds. The van der Waals surface area contributed by atoms with Gasteiger partial charge in [-0.25, -0.2) is 0 Å². The molecule has 0 aliphatic carbocycles. The number of thiophene rings is 1. The largest absolute Gasteiger partial charge is 0.398 e. The second kappa shape index (κ2) is 2.49. The molecule has 0 saturated heterocycles. The Kier molecular flexibility index (Phi) is 1.58. The van der Waals surface area contributed by atoms with E-state index in [9.17, 15) is 0 Å². The van der Waals surface area contributed by atoms with Crippen LogP contribution in [-0.4, -0.2) is 0 Å². The van der Waals surface area contributed by atoms with Gasteiger partial charge in [0.25, 0.3) is 0 Å². The van der Waals surface area contributed by atoms with Crippen molar-refractivity contribution in [1.82, 2.24) is 0 Å². The molecule has 62 valence electrons. The lowest BCUT2D eigenvalue weighted by Gasteiger charge is -2.00. The van der Waals surface area contributed by atoms with Crippen molar-refractivity contribution >= 4 is 27.1 Å². The van der Waals surface area contributed by atoms with E-state index >= 15 is 0 Å². The summed E-state index contributed by atoms with van der Waals surface area (Å²) < 4.78 is 1.33. The van der Waals surface area contributed by atoms with Crippen molar-refractivity contribution in [3.8, 4) is 0 Å². The Morgan fingerprint density at radius 1 is 1.25 bits per heavy atom. The predicted octanol–water partition coefficient (Wildman–Crippen LogP) is 3.10. The minimum Gasteiger partial charge on any atom is -0.398 e. The molecule has 0 fully saturated rings. The Balaban J connectivity index is 2.93. The summed E-state index contributed by atoms with van der Waals surface area (Å²) in [6, 6.07) is 4.08. The SMILES string of the molecule is Cc1csc2c(C)c(N)ccc12. The zero-order valence-electron chi connectivity index (χ0n) is 7.22. The molecule has 0 radical (unpaired) electrons. The van der Waals surface area contributed by atoms with Gasteiger partial charge in [-0.05, 0) is 41.8 Å². The Hall–Kier alpha value is -1.02. The Morgan fingerprint density at radius 2 is 2.00 bits per heavy atom. The van der Waals surface area contributed by atoms with Gasteiger partial charge in [0.2, 0.25) is 0 Å². The summed E-state index contributed by atoms with van der Waals surface area (Å²) in [7, 11) is 0. The van der Waals surface area contributed by atoms with E-state index in [1.54, 1.807) is 11.3 Å². The number of hydrogen-bond acceptors (Lipinski definition) is 2. The van der Waals surface area contributed by atoms with Crippen LogP contribution in [0, 0.1) is 13.8 Å². The van der Waals surface area contributed by atoms with E-state index in [2.05, 4.69) is 25.3 Å². The molecule has 0 aliphatic rings. The monoisotopic (exact) mass is 177 g/mol. The number of aryl methyl sites for hydroxylation is 2. The number of nitrogen functional groups attached to an aromatic ring is 1. The van der Waals surface area contributed by atoms with Crippen molar-refractivity contribution in [2.75, 3.05) is 5.73 Å². The highest BCUT2D eigenvalue weighted by molar-refractivity contribution is 7.17. The van der Waals surface area contributed by atoms with Crippen LogP contribution >= 0.6 is 11.3 Å². The molecule has 1 aromatic heterocycles. The third-order valence-electron chi connectivity index (χ3n) is 2.23. The van der Waals surface area contributed by atoms with Gasteiger partial charge in [-0.1, -0.05) is 6.07 Å². The summed E-state index contributed by atoms with van der Waals surface area (Å²) in [6.45, 7) is 4.21. The summed E-state index contributed by atoms with van der Waals surface area (Å²) in [5.74, 6) is 0. The van der Waals surface area contributed by atoms with Crippen LogP contribution < -0.4 is 5.73 Å². The Labute approximate surface area is 75.8 Å². The van der Waals surface area contributed by atoms with Gasteiger partial charge in [0.05, 0.1) is 0 Å². The number of anilines is 1. The van der Waals surface area contributed by atoms with E-state index in [4.69, 9.17) is 5.73 Å². The van der Waals surface area contributed by atoms with Crippen LogP contribution in [0.3, 0.4) is 0 Å². The van der Waals surface area contributed by atoms with Crippen molar-refractivity contribution in [1.29, 1.82) is 0 Å². The quantitative estimate of drug-likeness (QED) is 0.615. The fourth-order valence-corrected chi connectivity index (χ4v) is 2.45. The summed E-state index contributed by atoms with van der Waals surface area (Å²) in [4.78, 5) is 0. The van der Waals surface area contributed by atoms with Gasteiger partial charge in [-0.2, -0.15) is 0 Å². The molecule has 0 aliphatic heterocycles. The molecule has 2 aromatic rings. The van der Waals surface area contributed by atoms with Gasteiger partial charge >= 0.3 is 0 Å². The molecule has 2 heteroatoms. The second-order valence-electron chi connectivity index (χ2n) is 3.08. The summed E-state index contributed by atoms with van der Waals surface area (Å²) >= 11 is 1.77. The van der Waals surface area contributed by atoms with Gasteiger partial charge in [0, 0.05) is 10.4 Å². The third kappa shape index (κ3) is 0.916. The maximum absolute atomic E-state index is 5.80. The van der Waals surface area contributed by atoms with E-state index in [0.717, 1.165) is 5.69 Å². The number of nitrogens with two attached hydrogens (primary N) is 1. The number of fused-ring (bicyclic) bond motifs is 1. The molecule has 1 nitrogen and oxygen atoms in total. The van der Waals surface area contributed by atoms with E-state index in [1.807, 2.05) is 6.07 Å². The smallest absolute Gasteiger partial charge is 0.0395 e. The highest BCUT2D eigenvalue weighted by Gasteiger charge is 2.04. The average Bonchev–Trinajstić information content (AvgIpc) is 2.41. The summed E-state index contributed by atoms with van der Waals surface area (Å²) in [5.41, 5.74) is 9.25. The van der Waals surface area contributed by atoms with E-state index in [-0.39, 0.29) is 0 Å². The van der Waals surface area contributed by atoms with Crippen LogP contribution in [0.2, 0.25) is 0 Å². The van der Waals surface area contributed by atoms with Gasteiger partial charge in [0.1, 0.15) is 0 Å². The fraction of sp³-hybridized carbons (Fsp3) is 0.200. The Bertz CT molecular complexity index is 429. The fourth-order valence-electron chi connectivity index (χ4n) is 1.38. The average molecular weight is 177 g/mol. The van der Waals surface area contributed by atoms with Crippen molar-refractivity contribution in [2.24, 2.45) is 0 Å². The molecule has 0 saturated carbocycles. The van der Waals surface area contributed by atoms with Crippen molar-refractivity contribution in [2.45, 2.75) is 13.8 Å². The first-order valence-corrected chi connectivity index (χ1v) is 4.81. The topological polar surface area (TPSA) is 26.0 Å². The first-order chi connectivity index (χ1) is 5.70. The zero-order chi connectivity index (χ0) is 8.72. The van der Waals surface area contributed by atoms with Crippen molar-refractivity contribution in [3.05, 3.63) is 28.6 Å². The normalized spacial score (nSPS) is 10.8. The van der Waals surface area contributed by atoms with Crippen LogP contribution in [0.25, 0.3) is 10.1 Å². The molecule has 0 unspecified atom stereocenters. The van der Waals surface area contributed by atoms with Gasteiger partial charge in [-0.15, -0.1) is 11.3 Å². The van der Waals surface area contributed by atoms with E-state index < -0.39 is 0 Å². The Morgan fingerprint density at radius 3 is 2.75 bits per heavy atom. The molecule has 2 N–H and O–H groups in total. The molecule has 1 heterocycles. The summed E-state index contributed by atoms with van der Waals surface area (Å²) in [6.07, 6.45) is 0. The highest BCUT2D eigenvalue weighted by Crippen LogP contribution is 2.30. The summed E-state index contributed by atoms with van der Waals surface area (Å²) in [5, 5.41) is 3.52. The van der Waals surface area contributed by atoms with Crippen LogP contribution in [0.15, 0.2) is 17.5 Å². The minimum absolute atomic E-state index is 0.893. The first-order valence-electron chi connectivity index (χ1n) is 3.93. The molecule has 12 heavy (non-hydrogen) atoms. The van der Waals surface area contributed by atoms with Gasteiger partial charge in [-0.3, -0.25) is 0 Å². The van der Waals surface area contributed by atoms with Crippen LogP contribution in [0.5, 0.6) is 0 Å². The lowest BCUT2D eigenvalue weighted by atomic mass is 10.1. The lowest BCUT2D eigenvalue weighted by molar-refractivity contribution is 1.53. The predicted molar refractivity (Wildman–Crippen MR) is 55.7 cm³/mol. The molecule has 0 spiro atoms. The highest BCUT2D eigenvalue weighted by atomic mass is 32.1. The van der Waals surface area contributed by atoms with E-state index in [1.165, 1.54) is 21.2 Å². The third-order valence-corrected chi connectivity index (χ3v) is 3.46. The van der Waals surface area contributed by atoms with Gasteiger partial charge < -0.3 is 5.73 Å². The molecule has 1 aromatic carbocycles. The number of hydrogen-bond donors (Lipinski definition) is 1. The van der Waals surface area contributed by atoms with Crippen LogP contribution in [0.1, 0.15) is 11.1 Å².